The van der Waals surface area contributed by atoms with Crippen LogP contribution < -0.4 is 5.32 Å². The molecule has 118 valence electrons. The van der Waals surface area contributed by atoms with E-state index in [4.69, 9.17) is 0 Å². The molecule has 3 unspecified atom stereocenters. The van der Waals surface area contributed by atoms with E-state index in [1.807, 2.05) is 19.3 Å². The van der Waals surface area contributed by atoms with E-state index in [1.54, 1.807) is 0 Å². The first-order valence-corrected chi connectivity index (χ1v) is 8.19. The van der Waals surface area contributed by atoms with Crippen molar-refractivity contribution in [3.8, 4) is 5.69 Å². The van der Waals surface area contributed by atoms with Crippen LogP contribution in [-0.2, 0) is 0 Å². The summed E-state index contributed by atoms with van der Waals surface area (Å²) in [6, 6.07) is 9.03. The van der Waals surface area contributed by atoms with E-state index in [-0.39, 0.29) is 18.2 Å². The maximum Gasteiger partial charge on any atom is 0.110 e. The molecule has 0 bridgehead atoms. The van der Waals surface area contributed by atoms with Crippen molar-refractivity contribution >= 4 is 0 Å². The molecule has 2 N–H and O–H groups in total. The summed E-state index contributed by atoms with van der Waals surface area (Å²) in [6.45, 7) is 4.17. The lowest BCUT2D eigenvalue weighted by Crippen LogP contribution is -2.43. The molecular formula is C18H25N3O. The number of imidazole rings is 1. The number of aliphatic hydroxyl groups excluding tert-OH is 1. The molecule has 0 amide bonds. The Kier molecular flexibility index (Phi) is 4.60. The molecule has 0 spiro atoms. The van der Waals surface area contributed by atoms with Gasteiger partial charge in [0.1, 0.15) is 5.82 Å². The van der Waals surface area contributed by atoms with Crippen LogP contribution in [0.25, 0.3) is 5.69 Å². The van der Waals surface area contributed by atoms with Crippen molar-refractivity contribution in [2.45, 2.75) is 57.7 Å². The Hall–Kier alpha value is -1.65. The van der Waals surface area contributed by atoms with E-state index in [0.717, 1.165) is 30.8 Å². The van der Waals surface area contributed by atoms with Crippen LogP contribution in [-0.4, -0.2) is 26.8 Å². The van der Waals surface area contributed by atoms with Gasteiger partial charge in [0, 0.05) is 30.2 Å². The molecule has 1 heterocycles. The first kappa shape index (κ1) is 15.3. The van der Waals surface area contributed by atoms with E-state index in [2.05, 4.69) is 46.1 Å². The topological polar surface area (TPSA) is 50.1 Å². The Bertz CT molecular complexity index is 605. The van der Waals surface area contributed by atoms with E-state index < -0.39 is 0 Å². The second-order valence-electron chi connectivity index (χ2n) is 6.28. The Labute approximate surface area is 132 Å². The van der Waals surface area contributed by atoms with Crippen molar-refractivity contribution in [2.24, 2.45) is 0 Å². The lowest BCUT2D eigenvalue weighted by Gasteiger charge is -2.31. The highest BCUT2D eigenvalue weighted by Gasteiger charge is 2.24. The second-order valence-corrected chi connectivity index (χ2v) is 6.28. The van der Waals surface area contributed by atoms with Gasteiger partial charge in [-0.15, -0.1) is 0 Å². The first-order chi connectivity index (χ1) is 10.6. The quantitative estimate of drug-likeness (QED) is 0.912. The number of aliphatic hydroxyl groups is 1. The number of aryl methyl sites for hydroxylation is 1. The van der Waals surface area contributed by atoms with Gasteiger partial charge in [0.05, 0.1) is 6.10 Å². The average molecular weight is 299 g/mol. The lowest BCUT2D eigenvalue weighted by molar-refractivity contribution is 0.0860. The van der Waals surface area contributed by atoms with Crippen molar-refractivity contribution in [2.75, 3.05) is 0 Å². The minimum absolute atomic E-state index is 0.205. The van der Waals surface area contributed by atoms with Crippen LogP contribution in [0.3, 0.4) is 0 Å². The number of aromatic nitrogens is 2. The standard InChI is InChI=1S/C18H25N3O/c1-13(20-17-5-3-4-6-18(17)22)15-7-9-16(10-8-15)21-12-11-19-14(21)2/h7-13,17-18,20,22H,3-6H2,1-2H3. The molecule has 1 aromatic carbocycles. The number of hydrogen-bond acceptors (Lipinski definition) is 3. The number of rotatable bonds is 4. The molecular weight excluding hydrogens is 274 g/mol. The minimum Gasteiger partial charge on any atom is -0.392 e. The predicted molar refractivity (Wildman–Crippen MR) is 88.1 cm³/mol. The van der Waals surface area contributed by atoms with Crippen LogP contribution in [0.4, 0.5) is 0 Å². The van der Waals surface area contributed by atoms with Gasteiger partial charge in [-0.2, -0.15) is 0 Å². The number of benzene rings is 1. The van der Waals surface area contributed by atoms with Gasteiger partial charge in [-0.05, 0) is 44.4 Å². The van der Waals surface area contributed by atoms with Crippen molar-refractivity contribution in [1.29, 1.82) is 0 Å². The Morgan fingerprint density at radius 3 is 2.59 bits per heavy atom. The van der Waals surface area contributed by atoms with E-state index in [9.17, 15) is 5.11 Å². The number of hydrogen-bond donors (Lipinski definition) is 2. The fourth-order valence-corrected chi connectivity index (χ4v) is 3.30. The molecule has 0 radical (unpaired) electrons. The van der Waals surface area contributed by atoms with Gasteiger partial charge >= 0.3 is 0 Å². The molecule has 1 aromatic heterocycles. The Balaban J connectivity index is 1.68. The van der Waals surface area contributed by atoms with Crippen LogP contribution in [0.1, 0.15) is 50.0 Å². The van der Waals surface area contributed by atoms with Gasteiger partial charge in [0.15, 0.2) is 0 Å². The molecule has 1 aliphatic carbocycles. The summed E-state index contributed by atoms with van der Waals surface area (Å²) < 4.78 is 2.08. The summed E-state index contributed by atoms with van der Waals surface area (Å²) in [4.78, 5) is 4.26. The van der Waals surface area contributed by atoms with Gasteiger partial charge < -0.3 is 15.0 Å². The number of nitrogens with one attached hydrogen (secondary N) is 1. The molecule has 1 saturated carbocycles. The van der Waals surface area contributed by atoms with Gasteiger partial charge in [-0.3, -0.25) is 0 Å². The Morgan fingerprint density at radius 2 is 1.95 bits per heavy atom. The van der Waals surface area contributed by atoms with Gasteiger partial charge in [-0.1, -0.05) is 25.0 Å². The van der Waals surface area contributed by atoms with Crippen molar-refractivity contribution < 1.29 is 5.11 Å². The smallest absolute Gasteiger partial charge is 0.110 e. The van der Waals surface area contributed by atoms with Gasteiger partial charge in [0.25, 0.3) is 0 Å². The summed E-state index contributed by atoms with van der Waals surface area (Å²) in [6.07, 6.45) is 7.93. The second kappa shape index (κ2) is 6.63. The third-order valence-corrected chi connectivity index (χ3v) is 4.69. The zero-order valence-corrected chi connectivity index (χ0v) is 13.4. The zero-order chi connectivity index (χ0) is 15.5. The number of nitrogens with zero attached hydrogens (tertiary/aromatic N) is 2. The molecule has 1 fully saturated rings. The highest BCUT2D eigenvalue weighted by atomic mass is 16.3. The summed E-state index contributed by atoms with van der Waals surface area (Å²) >= 11 is 0. The maximum absolute atomic E-state index is 10.1. The highest BCUT2D eigenvalue weighted by Crippen LogP contribution is 2.23. The van der Waals surface area contributed by atoms with Crippen LogP contribution in [0, 0.1) is 6.92 Å². The molecule has 1 aliphatic rings. The molecule has 4 nitrogen and oxygen atoms in total. The van der Waals surface area contributed by atoms with Gasteiger partial charge in [0.2, 0.25) is 0 Å². The lowest BCUT2D eigenvalue weighted by atomic mass is 9.91. The fourth-order valence-electron chi connectivity index (χ4n) is 3.30. The van der Waals surface area contributed by atoms with Crippen molar-refractivity contribution in [3.05, 3.63) is 48.0 Å². The predicted octanol–water partition coefficient (Wildman–Crippen LogP) is 3.13. The average Bonchev–Trinajstić information content (AvgIpc) is 2.96. The molecule has 2 aromatic rings. The summed E-state index contributed by atoms with van der Waals surface area (Å²) in [5.41, 5.74) is 2.38. The fraction of sp³-hybridized carbons (Fsp3) is 0.500. The molecule has 22 heavy (non-hydrogen) atoms. The molecule has 3 atom stereocenters. The summed E-state index contributed by atoms with van der Waals surface area (Å²) in [5, 5.41) is 13.7. The van der Waals surface area contributed by atoms with Crippen molar-refractivity contribution in [1.82, 2.24) is 14.9 Å². The molecule has 3 rings (SSSR count). The van der Waals surface area contributed by atoms with Gasteiger partial charge in [-0.25, -0.2) is 4.98 Å². The highest BCUT2D eigenvalue weighted by molar-refractivity contribution is 5.36. The Morgan fingerprint density at radius 1 is 1.23 bits per heavy atom. The van der Waals surface area contributed by atoms with Crippen LogP contribution in [0.15, 0.2) is 36.7 Å². The minimum atomic E-state index is -0.205. The monoisotopic (exact) mass is 299 g/mol. The van der Waals surface area contributed by atoms with Crippen LogP contribution in [0.5, 0.6) is 0 Å². The third-order valence-electron chi connectivity index (χ3n) is 4.69. The van der Waals surface area contributed by atoms with E-state index in [1.165, 1.54) is 12.0 Å². The first-order valence-electron chi connectivity index (χ1n) is 8.19. The summed E-state index contributed by atoms with van der Waals surface area (Å²) in [5.74, 6) is 0.990. The third kappa shape index (κ3) is 3.23. The molecule has 0 saturated heterocycles. The zero-order valence-electron chi connectivity index (χ0n) is 13.4. The summed E-state index contributed by atoms with van der Waals surface area (Å²) in [7, 11) is 0. The SMILES string of the molecule is Cc1nccn1-c1ccc(C(C)NC2CCCCC2O)cc1. The molecule has 4 heteroatoms. The maximum atomic E-state index is 10.1. The van der Waals surface area contributed by atoms with Crippen molar-refractivity contribution in [3.63, 3.8) is 0 Å². The van der Waals surface area contributed by atoms with E-state index >= 15 is 0 Å². The van der Waals surface area contributed by atoms with Crippen LogP contribution >= 0.6 is 0 Å². The molecule has 0 aliphatic heterocycles. The normalized spacial score (nSPS) is 23.4. The van der Waals surface area contributed by atoms with Crippen LogP contribution in [0.2, 0.25) is 0 Å². The largest absolute Gasteiger partial charge is 0.392 e. The van der Waals surface area contributed by atoms with E-state index in [0.29, 0.717) is 0 Å².